The highest BCUT2D eigenvalue weighted by molar-refractivity contribution is 7.88. The summed E-state index contributed by atoms with van der Waals surface area (Å²) in [7, 11) is -12.1. The summed E-state index contributed by atoms with van der Waals surface area (Å²) in [6.45, 7) is 2.57. The van der Waals surface area contributed by atoms with Crippen LogP contribution in [0.25, 0.3) is 32.7 Å². The van der Waals surface area contributed by atoms with Crippen molar-refractivity contribution in [1.82, 2.24) is 0 Å². The lowest BCUT2D eigenvalue weighted by atomic mass is 9.77. The van der Waals surface area contributed by atoms with E-state index in [0.29, 0.717) is 16.7 Å². The van der Waals surface area contributed by atoms with Crippen molar-refractivity contribution in [3.8, 4) is 34.1 Å². The summed E-state index contributed by atoms with van der Waals surface area (Å²) in [5.74, 6) is -0.125. The lowest BCUT2D eigenvalue weighted by molar-refractivity contribution is -0.0504. The molecule has 1 heterocycles. The largest absolute Gasteiger partial charge is 0.534 e. The van der Waals surface area contributed by atoms with Crippen LogP contribution in [-0.2, 0) is 20.2 Å². The van der Waals surface area contributed by atoms with Crippen molar-refractivity contribution in [2.24, 2.45) is 17.8 Å². The predicted molar refractivity (Wildman–Crippen MR) is 164 cm³/mol. The van der Waals surface area contributed by atoms with Gasteiger partial charge in [-0.1, -0.05) is 44.0 Å². The van der Waals surface area contributed by atoms with Crippen LogP contribution in [0.2, 0.25) is 0 Å². The highest BCUT2D eigenvalue weighted by atomic mass is 32.2. The van der Waals surface area contributed by atoms with Crippen molar-refractivity contribution in [2.45, 2.75) is 43.6 Å². The molecule has 1 aliphatic carbocycles. The Balaban J connectivity index is 1.57. The maximum atomic E-state index is 13.2. The molecule has 4 aromatic carbocycles. The summed E-state index contributed by atoms with van der Waals surface area (Å²) in [6, 6.07) is 13.4. The second kappa shape index (κ2) is 12.2. The minimum Gasteiger partial charge on any atom is -0.492 e. The van der Waals surface area contributed by atoms with Crippen LogP contribution in [0.15, 0.2) is 60.7 Å². The van der Waals surface area contributed by atoms with Gasteiger partial charge in [-0.15, -0.1) is 0 Å². The van der Waals surface area contributed by atoms with Crippen LogP contribution in [0.1, 0.15) is 32.6 Å². The third kappa shape index (κ3) is 6.56. The Hall–Kier alpha value is -3.92. The number of benzene rings is 4. The van der Waals surface area contributed by atoms with Crippen molar-refractivity contribution < 1.29 is 61.0 Å². The Morgan fingerprint density at radius 2 is 1.00 bits per heavy atom. The first kappa shape index (κ1) is 34.0. The zero-order valence-electron chi connectivity index (χ0n) is 25.1. The van der Waals surface area contributed by atoms with Gasteiger partial charge in [-0.2, -0.15) is 43.2 Å². The molecule has 6 rings (SSSR count). The molecule has 4 aromatic rings. The molecule has 1 saturated carbocycles. The number of rotatable bonds is 5. The maximum absolute atomic E-state index is 13.2. The van der Waals surface area contributed by atoms with E-state index in [1.165, 1.54) is 12.1 Å². The molecule has 48 heavy (non-hydrogen) atoms. The van der Waals surface area contributed by atoms with Crippen molar-refractivity contribution >= 4 is 41.8 Å². The second-order valence-corrected chi connectivity index (χ2v) is 15.1. The molecular weight excluding hydrogens is 690 g/mol. The number of ether oxygens (including phenoxy) is 2. The van der Waals surface area contributed by atoms with Gasteiger partial charge in [0.05, 0.1) is 13.2 Å². The van der Waals surface area contributed by atoms with Crippen molar-refractivity contribution in [1.29, 1.82) is 0 Å². The van der Waals surface area contributed by atoms with Gasteiger partial charge in [0.1, 0.15) is 23.0 Å². The van der Waals surface area contributed by atoms with E-state index >= 15 is 0 Å². The SMILES string of the molecule is CC1CCC(C2COc3ccc4ccc(OS(=O)(=O)C(F)(F)F)cc4c3-c3c(ccc4ccc(OS(=O)(=O)C(F)(F)F)cc34)OC2)CC1. The Morgan fingerprint density at radius 3 is 1.40 bits per heavy atom. The van der Waals surface area contributed by atoms with Gasteiger partial charge < -0.3 is 17.8 Å². The molecule has 0 unspecified atom stereocenters. The van der Waals surface area contributed by atoms with E-state index < -0.39 is 42.8 Å². The molecule has 0 saturated heterocycles. The molecule has 1 aliphatic heterocycles. The lowest BCUT2D eigenvalue weighted by Crippen LogP contribution is -2.30. The summed E-state index contributed by atoms with van der Waals surface area (Å²) in [5.41, 5.74) is -11.0. The molecule has 0 atom stereocenters. The van der Waals surface area contributed by atoms with Gasteiger partial charge in [0.2, 0.25) is 0 Å². The first-order valence-corrected chi connectivity index (χ1v) is 17.7. The monoisotopic (exact) mass is 718 g/mol. The highest BCUT2D eigenvalue weighted by Gasteiger charge is 2.49. The number of fused-ring (bicyclic) bond motifs is 7. The van der Waals surface area contributed by atoms with E-state index in [9.17, 15) is 43.2 Å². The van der Waals surface area contributed by atoms with Crippen LogP contribution in [0.5, 0.6) is 23.0 Å². The second-order valence-electron chi connectivity index (χ2n) is 12.0. The third-order valence-electron chi connectivity index (χ3n) is 8.77. The van der Waals surface area contributed by atoms with Crippen molar-refractivity contribution in [3.63, 3.8) is 0 Å². The first-order valence-electron chi connectivity index (χ1n) is 14.8. The van der Waals surface area contributed by atoms with E-state index in [1.807, 2.05) is 0 Å². The van der Waals surface area contributed by atoms with Crippen molar-refractivity contribution in [2.75, 3.05) is 13.2 Å². The smallest absolute Gasteiger partial charge is 0.492 e. The average molecular weight is 719 g/mol. The van der Waals surface area contributed by atoms with E-state index in [4.69, 9.17) is 9.47 Å². The molecule has 0 bridgehead atoms. The van der Waals surface area contributed by atoms with E-state index in [-0.39, 0.29) is 58.4 Å². The Bertz CT molecular complexity index is 1950. The molecule has 0 aromatic heterocycles. The van der Waals surface area contributed by atoms with Crippen LogP contribution in [0.4, 0.5) is 26.3 Å². The number of alkyl halides is 6. The van der Waals surface area contributed by atoms with Gasteiger partial charge in [-0.05, 0) is 82.6 Å². The molecule has 8 nitrogen and oxygen atoms in total. The van der Waals surface area contributed by atoms with Gasteiger partial charge in [-0.25, -0.2) is 0 Å². The van der Waals surface area contributed by atoms with Gasteiger partial charge in [0.15, 0.2) is 0 Å². The Labute approximate surface area is 271 Å². The van der Waals surface area contributed by atoms with Gasteiger partial charge >= 0.3 is 31.3 Å². The van der Waals surface area contributed by atoms with Crippen LogP contribution in [-0.4, -0.2) is 41.1 Å². The summed E-state index contributed by atoms with van der Waals surface area (Å²) in [6.07, 6.45) is 3.93. The predicted octanol–water partition coefficient (Wildman–Crippen LogP) is 8.33. The van der Waals surface area contributed by atoms with E-state index in [1.54, 1.807) is 24.3 Å². The fourth-order valence-corrected chi connectivity index (χ4v) is 7.14. The van der Waals surface area contributed by atoms with E-state index in [2.05, 4.69) is 15.3 Å². The fraction of sp³-hybridized carbons (Fsp3) is 0.375. The summed E-state index contributed by atoms with van der Waals surface area (Å²) in [4.78, 5) is 0. The zero-order chi connectivity index (χ0) is 34.6. The number of hydrogen-bond acceptors (Lipinski definition) is 8. The standard InChI is InChI=1S/C32H28F6O8S2/c1-18-2-4-19(5-3-18)22-16-43-27-12-8-20-6-10-23(45-47(39,40)31(33,34)35)14-25(20)29(27)30-26-15-24(46-48(41,42)32(36,37)38)11-7-21(26)9-13-28(30)44-17-22/h6-15,18-19,22H,2-5,16-17H2,1H3. The highest BCUT2D eigenvalue weighted by Crippen LogP contribution is 2.48. The third-order valence-corrected chi connectivity index (χ3v) is 10.7. The van der Waals surface area contributed by atoms with Gasteiger partial charge in [0, 0.05) is 17.0 Å². The van der Waals surface area contributed by atoms with Crippen molar-refractivity contribution in [3.05, 3.63) is 60.7 Å². The summed E-state index contributed by atoms with van der Waals surface area (Å²) < 4.78 is 148. The van der Waals surface area contributed by atoms with Gasteiger partial charge in [-0.3, -0.25) is 0 Å². The molecule has 16 heteroatoms. The maximum Gasteiger partial charge on any atom is 0.534 e. The Morgan fingerprint density at radius 1 is 0.604 bits per heavy atom. The summed E-state index contributed by atoms with van der Waals surface area (Å²) in [5, 5.41) is 1.17. The quantitative estimate of drug-likeness (QED) is 0.115. The normalized spacial score (nSPS) is 19.6. The molecule has 0 N–H and O–H groups in total. The minimum atomic E-state index is -6.03. The zero-order valence-corrected chi connectivity index (χ0v) is 26.7. The van der Waals surface area contributed by atoms with Crippen LogP contribution >= 0.6 is 0 Å². The number of halogens is 6. The van der Waals surface area contributed by atoms with Crippen LogP contribution in [0, 0.1) is 17.8 Å². The molecule has 0 spiro atoms. The topological polar surface area (TPSA) is 105 Å². The first-order chi connectivity index (χ1) is 22.4. The van der Waals surface area contributed by atoms with Gasteiger partial charge in [0.25, 0.3) is 0 Å². The fourth-order valence-electron chi connectivity index (χ4n) is 6.24. The molecule has 1 fully saturated rings. The molecular formula is C32H28F6O8S2. The molecule has 2 aliphatic rings. The van der Waals surface area contributed by atoms with E-state index in [0.717, 1.165) is 49.9 Å². The minimum absolute atomic E-state index is 0.0825. The van der Waals surface area contributed by atoms with Crippen LogP contribution < -0.4 is 17.8 Å². The molecule has 0 radical (unpaired) electrons. The molecule has 258 valence electrons. The summed E-state index contributed by atoms with van der Waals surface area (Å²) >= 11 is 0. The average Bonchev–Trinajstić information content (AvgIpc) is 3.08. The number of hydrogen-bond donors (Lipinski definition) is 0. The Kier molecular flexibility index (Phi) is 8.63. The van der Waals surface area contributed by atoms with Crippen LogP contribution in [0.3, 0.4) is 0 Å². The molecule has 0 amide bonds. The lowest BCUT2D eigenvalue weighted by Gasteiger charge is -2.32.